The molecule has 0 aromatic carbocycles. The average molecular weight is 217 g/mol. The summed E-state index contributed by atoms with van der Waals surface area (Å²) in [5.74, 6) is -0.785. The lowest BCUT2D eigenvalue weighted by molar-refractivity contribution is -0.490. The number of methoxy groups -OCH3 is 1. The number of hydrogen-bond acceptors (Lipinski definition) is 5. The van der Waals surface area contributed by atoms with E-state index in [0.717, 1.165) is 12.8 Å². The van der Waals surface area contributed by atoms with Crippen molar-refractivity contribution in [2.24, 2.45) is 5.92 Å². The first-order valence-electron chi connectivity index (χ1n) is 4.93. The summed E-state index contributed by atoms with van der Waals surface area (Å²) in [7, 11) is 1.28. The number of ether oxygens (including phenoxy) is 2. The van der Waals surface area contributed by atoms with E-state index in [1.807, 2.05) is 0 Å². The normalized spacial score (nSPS) is 22.3. The molecule has 0 aromatic heterocycles. The minimum Gasteiger partial charge on any atom is -0.469 e. The number of esters is 1. The van der Waals surface area contributed by atoms with Gasteiger partial charge in [-0.05, 0) is 12.8 Å². The summed E-state index contributed by atoms with van der Waals surface area (Å²) in [6, 6.07) is 0. The monoisotopic (exact) mass is 217 g/mol. The van der Waals surface area contributed by atoms with Crippen molar-refractivity contribution in [2.75, 3.05) is 20.3 Å². The minimum atomic E-state index is -0.419. The molecule has 6 nitrogen and oxygen atoms in total. The Balaban J connectivity index is 2.51. The Labute approximate surface area is 87.7 Å². The lowest BCUT2D eigenvalue weighted by atomic mass is 9.96. The second-order valence-electron chi connectivity index (χ2n) is 3.61. The molecule has 1 aliphatic rings. The van der Waals surface area contributed by atoms with Crippen molar-refractivity contribution >= 4 is 5.97 Å². The minimum absolute atomic E-state index is 0.0577. The Morgan fingerprint density at radius 3 is 2.93 bits per heavy atom. The maximum Gasteiger partial charge on any atom is 0.306 e. The highest BCUT2D eigenvalue weighted by molar-refractivity contribution is 5.69. The molecule has 2 unspecified atom stereocenters. The van der Waals surface area contributed by atoms with E-state index in [9.17, 15) is 14.9 Å². The van der Waals surface area contributed by atoms with Crippen molar-refractivity contribution in [1.82, 2.24) is 0 Å². The van der Waals surface area contributed by atoms with Crippen molar-refractivity contribution in [3.05, 3.63) is 10.1 Å². The fourth-order valence-electron chi connectivity index (χ4n) is 1.78. The van der Waals surface area contributed by atoms with Gasteiger partial charge in [-0.2, -0.15) is 0 Å². The van der Waals surface area contributed by atoms with Crippen LogP contribution in [0, 0.1) is 16.0 Å². The number of nitro groups is 1. The lowest BCUT2D eigenvalue weighted by Gasteiger charge is -2.17. The Hall–Kier alpha value is -1.17. The Kier molecular flexibility index (Phi) is 4.48. The predicted octanol–water partition coefficient (Wildman–Crippen LogP) is 0.621. The van der Waals surface area contributed by atoms with Crippen LogP contribution in [0.2, 0.25) is 0 Å². The first-order chi connectivity index (χ1) is 7.13. The van der Waals surface area contributed by atoms with Crippen LogP contribution in [0.5, 0.6) is 0 Å². The summed E-state index contributed by atoms with van der Waals surface area (Å²) >= 11 is 0. The molecule has 1 fully saturated rings. The van der Waals surface area contributed by atoms with Crippen molar-refractivity contribution < 1.29 is 19.2 Å². The quantitative estimate of drug-likeness (QED) is 0.383. The van der Waals surface area contributed by atoms with E-state index < -0.39 is 10.9 Å². The van der Waals surface area contributed by atoms with Gasteiger partial charge in [-0.3, -0.25) is 14.9 Å². The first-order valence-corrected chi connectivity index (χ1v) is 4.93. The Bertz CT molecular complexity index is 237. The molecule has 0 saturated carbocycles. The van der Waals surface area contributed by atoms with Gasteiger partial charge in [0.05, 0.1) is 25.6 Å². The zero-order valence-corrected chi connectivity index (χ0v) is 8.68. The van der Waals surface area contributed by atoms with Gasteiger partial charge in [0.15, 0.2) is 0 Å². The summed E-state index contributed by atoms with van der Waals surface area (Å²) < 4.78 is 9.85. The SMILES string of the molecule is COC(=O)CC(C[N+](=O)[O-])C1CCCO1. The first kappa shape index (κ1) is 11.9. The van der Waals surface area contributed by atoms with Gasteiger partial charge in [0, 0.05) is 11.5 Å². The highest BCUT2D eigenvalue weighted by Crippen LogP contribution is 2.23. The largest absolute Gasteiger partial charge is 0.469 e. The van der Waals surface area contributed by atoms with E-state index >= 15 is 0 Å². The van der Waals surface area contributed by atoms with E-state index in [1.165, 1.54) is 7.11 Å². The maximum absolute atomic E-state index is 11.1. The molecule has 1 aliphatic heterocycles. The number of carbonyl (C=O) groups is 1. The number of rotatable bonds is 5. The maximum atomic E-state index is 11.1. The van der Waals surface area contributed by atoms with Crippen LogP contribution in [-0.4, -0.2) is 37.3 Å². The van der Waals surface area contributed by atoms with Gasteiger partial charge in [0.2, 0.25) is 6.54 Å². The fraction of sp³-hybridized carbons (Fsp3) is 0.889. The van der Waals surface area contributed by atoms with Crippen LogP contribution in [-0.2, 0) is 14.3 Å². The summed E-state index contributed by atoms with van der Waals surface area (Å²) in [5, 5.41) is 10.4. The zero-order chi connectivity index (χ0) is 11.3. The molecule has 1 rings (SSSR count). The van der Waals surface area contributed by atoms with Crippen LogP contribution in [0.25, 0.3) is 0 Å². The van der Waals surface area contributed by atoms with Crippen LogP contribution in [0.15, 0.2) is 0 Å². The predicted molar refractivity (Wildman–Crippen MR) is 51.0 cm³/mol. The second kappa shape index (κ2) is 5.65. The van der Waals surface area contributed by atoms with Gasteiger partial charge >= 0.3 is 5.97 Å². The van der Waals surface area contributed by atoms with E-state index in [1.54, 1.807) is 0 Å². The van der Waals surface area contributed by atoms with Crippen LogP contribution < -0.4 is 0 Å². The molecule has 0 aromatic rings. The fourth-order valence-corrected chi connectivity index (χ4v) is 1.78. The molecule has 0 radical (unpaired) electrons. The van der Waals surface area contributed by atoms with Gasteiger partial charge in [0.25, 0.3) is 0 Å². The molecule has 86 valence electrons. The molecule has 0 amide bonds. The Morgan fingerprint density at radius 1 is 1.73 bits per heavy atom. The molecular weight excluding hydrogens is 202 g/mol. The topological polar surface area (TPSA) is 78.7 Å². The summed E-state index contributed by atoms with van der Waals surface area (Å²) in [4.78, 5) is 21.1. The third-order valence-electron chi connectivity index (χ3n) is 2.53. The molecular formula is C9H15NO5. The van der Waals surface area contributed by atoms with E-state index in [2.05, 4.69) is 4.74 Å². The summed E-state index contributed by atoms with van der Waals surface area (Å²) in [6.45, 7) is 0.389. The van der Waals surface area contributed by atoms with Gasteiger partial charge in [-0.25, -0.2) is 0 Å². The molecule has 15 heavy (non-hydrogen) atoms. The van der Waals surface area contributed by atoms with Gasteiger partial charge < -0.3 is 9.47 Å². The average Bonchev–Trinajstić information content (AvgIpc) is 2.68. The lowest BCUT2D eigenvalue weighted by Crippen LogP contribution is -2.29. The molecule has 2 atom stereocenters. The smallest absolute Gasteiger partial charge is 0.306 e. The van der Waals surface area contributed by atoms with Crippen LogP contribution >= 0.6 is 0 Å². The molecule has 6 heteroatoms. The zero-order valence-electron chi connectivity index (χ0n) is 8.68. The van der Waals surface area contributed by atoms with E-state index in [0.29, 0.717) is 6.61 Å². The number of carbonyl (C=O) groups excluding carboxylic acids is 1. The molecule has 0 spiro atoms. The number of hydrogen-bond donors (Lipinski definition) is 0. The molecule has 0 aliphatic carbocycles. The van der Waals surface area contributed by atoms with E-state index in [-0.39, 0.29) is 25.0 Å². The van der Waals surface area contributed by atoms with Crippen molar-refractivity contribution in [1.29, 1.82) is 0 Å². The van der Waals surface area contributed by atoms with Crippen LogP contribution in [0.4, 0.5) is 0 Å². The van der Waals surface area contributed by atoms with Crippen molar-refractivity contribution in [3.8, 4) is 0 Å². The third kappa shape index (κ3) is 3.83. The molecule has 0 N–H and O–H groups in total. The molecule has 1 heterocycles. The van der Waals surface area contributed by atoms with Gasteiger partial charge in [-0.15, -0.1) is 0 Å². The van der Waals surface area contributed by atoms with Gasteiger partial charge in [0.1, 0.15) is 0 Å². The number of nitrogens with zero attached hydrogens (tertiary/aromatic N) is 1. The molecule has 0 bridgehead atoms. The van der Waals surface area contributed by atoms with Crippen LogP contribution in [0.3, 0.4) is 0 Å². The van der Waals surface area contributed by atoms with Crippen molar-refractivity contribution in [3.63, 3.8) is 0 Å². The second-order valence-corrected chi connectivity index (χ2v) is 3.61. The summed E-state index contributed by atoms with van der Waals surface area (Å²) in [5.41, 5.74) is 0. The van der Waals surface area contributed by atoms with Gasteiger partial charge in [-0.1, -0.05) is 0 Å². The third-order valence-corrected chi connectivity index (χ3v) is 2.53. The van der Waals surface area contributed by atoms with Crippen LogP contribution in [0.1, 0.15) is 19.3 Å². The standard InChI is InChI=1S/C9H15NO5/c1-14-9(11)5-7(6-10(12)13)8-3-2-4-15-8/h7-8H,2-6H2,1H3. The van der Waals surface area contributed by atoms with E-state index in [4.69, 9.17) is 4.74 Å². The van der Waals surface area contributed by atoms with Crippen molar-refractivity contribution in [2.45, 2.75) is 25.4 Å². The summed E-state index contributed by atoms with van der Waals surface area (Å²) in [6.07, 6.45) is 1.58. The Morgan fingerprint density at radius 2 is 2.47 bits per heavy atom. The highest BCUT2D eigenvalue weighted by atomic mass is 16.6. The molecule has 1 saturated heterocycles. The highest BCUT2D eigenvalue weighted by Gasteiger charge is 2.31.